The fourth-order valence-corrected chi connectivity index (χ4v) is 4.04. The first-order valence-electron chi connectivity index (χ1n) is 8.13. The largest absolute Gasteiger partial charge is 0.457 e. The third kappa shape index (κ3) is 2.99. The third-order valence-electron chi connectivity index (χ3n) is 4.23. The number of ether oxygens (including phenoxy) is 1. The molecule has 0 saturated carbocycles. The molecule has 0 aliphatic heterocycles. The summed E-state index contributed by atoms with van der Waals surface area (Å²) in [5.41, 5.74) is 2.05. The zero-order chi connectivity index (χ0) is 18.1. The molecule has 2 aromatic carbocycles. The highest BCUT2D eigenvalue weighted by Crippen LogP contribution is 2.30. The van der Waals surface area contributed by atoms with Crippen molar-refractivity contribution in [3.63, 3.8) is 0 Å². The second-order valence-electron chi connectivity index (χ2n) is 5.94. The number of hydrogen-bond acceptors (Lipinski definition) is 6. The lowest BCUT2D eigenvalue weighted by atomic mass is 10.1. The number of Topliss-reactive ketones (excluding diaryl/α,β-unsaturated/α-hetero) is 1. The molecule has 0 saturated heterocycles. The van der Waals surface area contributed by atoms with Gasteiger partial charge in [0.2, 0.25) is 5.78 Å². The molecule has 0 bridgehead atoms. The van der Waals surface area contributed by atoms with Crippen LogP contribution in [0.5, 0.6) is 0 Å². The van der Waals surface area contributed by atoms with Crippen molar-refractivity contribution in [1.29, 1.82) is 0 Å². The summed E-state index contributed by atoms with van der Waals surface area (Å²) < 4.78 is 11.4. The van der Waals surface area contributed by atoms with E-state index in [0.717, 1.165) is 21.0 Å². The van der Waals surface area contributed by atoms with E-state index in [1.807, 2.05) is 49.4 Å². The molecule has 0 unspecified atom stereocenters. The van der Waals surface area contributed by atoms with Crippen LogP contribution in [0, 0.1) is 6.92 Å². The van der Waals surface area contributed by atoms with Gasteiger partial charge in [0.05, 0.1) is 11.3 Å². The molecule has 4 aromatic rings. The third-order valence-corrected chi connectivity index (χ3v) is 5.54. The average molecular weight is 365 g/mol. The summed E-state index contributed by atoms with van der Waals surface area (Å²) in [4.78, 5) is 25.2. The first-order chi connectivity index (χ1) is 12.6. The topological polar surface area (TPSA) is 69.4 Å². The monoisotopic (exact) mass is 365 g/mol. The van der Waals surface area contributed by atoms with Gasteiger partial charge >= 0.3 is 5.97 Å². The normalized spacial score (nSPS) is 11.1. The fourth-order valence-electron chi connectivity index (χ4n) is 2.91. The number of esters is 1. The van der Waals surface area contributed by atoms with Crippen LogP contribution >= 0.6 is 11.3 Å². The highest BCUT2D eigenvalue weighted by atomic mass is 32.1. The molecule has 26 heavy (non-hydrogen) atoms. The van der Waals surface area contributed by atoms with Gasteiger partial charge in [-0.3, -0.25) is 9.59 Å². The summed E-state index contributed by atoms with van der Waals surface area (Å²) in [6, 6.07) is 15.1. The van der Waals surface area contributed by atoms with Crippen molar-refractivity contribution in [2.75, 3.05) is 6.61 Å². The lowest BCUT2D eigenvalue weighted by molar-refractivity contribution is -0.141. The first-order valence-corrected chi connectivity index (χ1v) is 8.95. The predicted octanol–water partition coefficient (Wildman–Crippen LogP) is 4.32. The SMILES string of the molecule is Cc1c(C(=O)COC(=O)Cc2noc3ccccc23)sc2ccccc12. The molecule has 130 valence electrons. The number of nitrogens with zero attached hydrogens (tertiary/aromatic N) is 1. The highest BCUT2D eigenvalue weighted by Gasteiger charge is 2.18. The van der Waals surface area contributed by atoms with Crippen LogP contribution in [-0.2, 0) is 16.0 Å². The lowest BCUT2D eigenvalue weighted by Gasteiger charge is -2.03. The number of carbonyl (C=O) groups is 2. The summed E-state index contributed by atoms with van der Waals surface area (Å²) in [6.45, 7) is 1.64. The van der Waals surface area contributed by atoms with Crippen LogP contribution in [0.25, 0.3) is 21.1 Å². The number of benzene rings is 2. The number of aryl methyl sites for hydroxylation is 1. The molecule has 0 spiro atoms. The second-order valence-corrected chi connectivity index (χ2v) is 6.99. The Morgan fingerprint density at radius 1 is 1.08 bits per heavy atom. The van der Waals surface area contributed by atoms with E-state index in [0.29, 0.717) is 16.2 Å². The Morgan fingerprint density at radius 2 is 1.81 bits per heavy atom. The Kier molecular flexibility index (Phi) is 4.26. The van der Waals surface area contributed by atoms with Crippen molar-refractivity contribution in [2.24, 2.45) is 0 Å². The van der Waals surface area contributed by atoms with E-state index in [2.05, 4.69) is 5.16 Å². The van der Waals surface area contributed by atoms with Crippen molar-refractivity contribution in [3.05, 3.63) is 64.7 Å². The van der Waals surface area contributed by atoms with Gasteiger partial charge in [-0.1, -0.05) is 35.5 Å². The van der Waals surface area contributed by atoms with Gasteiger partial charge in [-0.2, -0.15) is 0 Å². The molecular formula is C20H15NO4S. The molecular weight excluding hydrogens is 350 g/mol. The Bertz CT molecular complexity index is 1130. The van der Waals surface area contributed by atoms with Crippen molar-refractivity contribution in [2.45, 2.75) is 13.3 Å². The van der Waals surface area contributed by atoms with Gasteiger partial charge in [0.15, 0.2) is 12.2 Å². The Labute approximate surface area is 153 Å². The molecule has 0 aliphatic carbocycles. The van der Waals surface area contributed by atoms with Crippen LogP contribution in [0.3, 0.4) is 0 Å². The molecule has 2 aromatic heterocycles. The quantitative estimate of drug-likeness (QED) is 0.389. The van der Waals surface area contributed by atoms with E-state index in [1.165, 1.54) is 11.3 Å². The van der Waals surface area contributed by atoms with Crippen molar-refractivity contribution < 1.29 is 18.8 Å². The van der Waals surface area contributed by atoms with Gasteiger partial charge in [-0.15, -0.1) is 11.3 Å². The zero-order valence-corrected chi connectivity index (χ0v) is 14.8. The Balaban J connectivity index is 1.43. The van der Waals surface area contributed by atoms with E-state index >= 15 is 0 Å². The number of thiophene rings is 1. The minimum atomic E-state index is -0.504. The van der Waals surface area contributed by atoms with Gasteiger partial charge in [-0.25, -0.2) is 0 Å². The molecule has 2 heterocycles. The maximum Gasteiger partial charge on any atom is 0.312 e. The van der Waals surface area contributed by atoms with Crippen LogP contribution in [0.15, 0.2) is 53.1 Å². The van der Waals surface area contributed by atoms with Gasteiger partial charge in [0.1, 0.15) is 5.69 Å². The average Bonchev–Trinajstić information content (AvgIpc) is 3.22. The number of ketones is 1. The maximum absolute atomic E-state index is 12.5. The van der Waals surface area contributed by atoms with Gasteiger partial charge in [-0.05, 0) is 36.1 Å². The van der Waals surface area contributed by atoms with Gasteiger partial charge in [0, 0.05) is 10.1 Å². The molecule has 0 aliphatic rings. The Morgan fingerprint density at radius 3 is 2.62 bits per heavy atom. The number of rotatable bonds is 5. The predicted molar refractivity (Wildman–Crippen MR) is 99.6 cm³/mol. The summed E-state index contributed by atoms with van der Waals surface area (Å²) in [7, 11) is 0. The van der Waals surface area contributed by atoms with Crippen LogP contribution in [0.4, 0.5) is 0 Å². The maximum atomic E-state index is 12.5. The highest BCUT2D eigenvalue weighted by molar-refractivity contribution is 7.21. The molecule has 0 radical (unpaired) electrons. The zero-order valence-electron chi connectivity index (χ0n) is 14.0. The number of hydrogen-bond donors (Lipinski definition) is 0. The second kappa shape index (κ2) is 6.72. The van der Waals surface area contributed by atoms with E-state index in [-0.39, 0.29) is 18.8 Å². The van der Waals surface area contributed by atoms with Crippen molar-refractivity contribution in [3.8, 4) is 0 Å². The summed E-state index contributed by atoms with van der Waals surface area (Å²) >= 11 is 1.42. The van der Waals surface area contributed by atoms with E-state index < -0.39 is 5.97 Å². The summed E-state index contributed by atoms with van der Waals surface area (Å²) in [6.07, 6.45) is -0.0321. The summed E-state index contributed by atoms with van der Waals surface area (Å²) in [5, 5.41) is 5.74. The Hall–Kier alpha value is -2.99. The standard InChI is InChI=1S/C20H15NO4S/c1-12-13-6-3-5-9-18(13)26-20(12)16(22)11-24-19(23)10-15-14-7-2-4-8-17(14)25-21-15/h2-9H,10-11H2,1H3. The van der Waals surface area contributed by atoms with E-state index in [1.54, 1.807) is 6.07 Å². The number of fused-ring (bicyclic) bond motifs is 2. The van der Waals surface area contributed by atoms with E-state index in [9.17, 15) is 9.59 Å². The van der Waals surface area contributed by atoms with Gasteiger partial charge in [0.25, 0.3) is 0 Å². The number of carbonyl (C=O) groups excluding carboxylic acids is 2. The molecule has 0 N–H and O–H groups in total. The minimum Gasteiger partial charge on any atom is -0.457 e. The van der Waals surface area contributed by atoms with Crippen LogP contribution in [-0.4, -0.2) is 23.5 Å². The minimum absolute atomic E-state index is 0.0321. The molecule has 0 atom stereocenters. The smallest absolute Gasteiger partial charge is 0.312 e. The fraction of sp³-hybridized carbons (Fsp3) is 0.150. The van der Waals surface area contributed by atoms with Crippen LogP contribution < -0.4 is 0 Å². The first kappa shape index (κ1) is 16.5. The van der Waals surface area contributed by atoms with Crippen LogP contribution in [0.2, 0.25) is 0 Å². The van der Waals surface area contributed by atoms with E-state index in [4.69, 9.17) is 9.26 Å². The number of aromatic nitrogens is 1. The lowest BCUT2D eigenvalue weighted by Crippen LogP contribution is -2.15. The number of para-hydroxylation sites is 1. The summed E-state index contributed by atoms with van der Waals surface area (Å²) in [5.74, 6) is -0.696. The molecule has 0 amide bonds. The van der Waals surface area contributed by atoms with Crippen LogP contribution in [0.1, 0.15) is 20.9 Å². The van der Waals surface area contributed by atoms with Crippen molar-refractivity contribution >= 4 is 44.1 Å². The van der Waals surface area contributed by atoms with Crippen molar-refractivity contribution in [1.82, 2.24) is 5.16 Å². The molecule has 4 rings (SSSR count). The van der Waals surface area contributed by atoms with Gasteiger partial charge < -0.3 is 9.26 Å². The molecule has 5 nitrogen and oxygen atoms in total. The molecule has 0 fully saturated rings. The molecule has 6 heteroatoms.